The molecule has 28 heavy (non-hydrogen) atoms. The lowest BCUT2D eigenvalue weighted by Crippen LogP contribution is -2.30. The van der Waals surface area contributed by atoms with E-state index in [1.54, 1.807) is 24.3 Å². The highest BCUT2D eigenvalue weighted by Gasteiger charge is 2.32. The van der Waals surface area contributed by atoms with Gasteiger partial charge in [0.05, 0.1) is 16.8 Å². The molecule has 1 fully saturated rings. The Morgan fingerprint density at radius 2 is 1.89 bits per heavy atom. The predicted octanol–water partition coefficient (Wildman–Crippen LogP) is 2.88. The van der Waals surface area contributed by atoms with E-state index in [0.29, 0.717) is 36.0 Å². The minimum atomic E-state index is -0.320. The molecule has 2 amide bonds. The van der Waals surface area contributed by atoms with Gasteiger partial charge in [-0.1, -0.05) is 12.1 Å². The number of anilines is 1. The molecule has 1 heterocycles. The highest BCUT2D eigenvalue weighted by molar-refractivity contribution is 6.08. The average molecular weight is 406 g/mol. The molecule has 7 nitrogen and oxygen atoms in total. The summed E-state index contributed by atoms with van der Waals surface area (Å²) < 4.78 is 1.94. The van der Waals surface area contributed by atoms with Crippen molar-refractivity contribution in [1.29, 1.82) is 0 Å². The number of benzene rings is 1. The van der Waals surface area contributed by atoms with E-state index in [-0.39, 0.29) is 29.8 Å². The first-order chi connectivity index (χ1) is 12.8. The molecule has 2 aromatic rings. The van der Waals surface area contributed by atoms with Crippen LogP contribution in [0.4, 0.5) is 5.69 Å². The number of nitrogens with one attached hydrogen (secondary N) is 2. The number of amides is 2. The highest BCUT2D eigenvalue weighted by atomic mass is 35.5. The first-order valence-corrected chi connectivity index (χ1v) is 9.30. The van der Waals surface area contributed by atoms with Crippen molar-refractivity contribution in [3.05, 3.63) is 47.3 Å². The Kier molecular flexibility index (Phi) is 6.85. The minimum Gasteiger partial charge on any atom is -0.351 e. The van der Waals surface area contributed by atoms with Crippen LogP contribution < -0.4 is 16.4 Å². The topological polar surface area (TPSA) is 102 Å². The summed E-state index contributed by atoms with van der Waals surface area (Å²) in [5.74, 6) is -0.109. The second kappa shape index (κ2) is 8.75. The number of hydrogen-bond donors (Lipinski definition) is 3. The van der Waals surface area contributed by atoms with Crippen LogP contribution in [-0.4, -0.2) is 34.7 Å². The molecule has 1 aliphatic carbocycles. The molecule has 1 aliphatic rings. The minimum absolute atomic E-state index is 0. The molecule has 0 radical (unpaired) electrons. The van der Waals surface area contributed by atoms with E-state index in [1.807, 2.05) is 10.7 Å². The summed E-state index contributed by atoms with van der Waals surface area (Å²) >= 11 is 0. The van der Waals surface area contributed by atoms with Gasteiger partial charge in [-0.25, -0.2) is 0 Å². The van der Waals surface area contributed by atoms with Crippen LogP contribution in [0.15, 0.2) is 30.3 Å². The standard InChI is InChI=1S/C20H27N5O2.ClH/c1-20(2,3)25-17(13-8-9-13)12-16(24-25)19(27)23-15-7-5-4-6-14(15)18(26)22-11-10-21;/h4-7,12-13H,8-11,21H2,1-3H3,(H,22,26)(H,23,27);1H. The Balaban J connectivity index is 0.00000280. The fraction of sp³-hybridized carbons (Fsp3) is 0.450. The summed E-state index contributed by atoms with van der Waals surface area (Å²) in [5, 5.41) is 10.1. The third kappa shape index (κ3) is 4.91. The van der Waals surface area contributed by atoms with Gasteiger partial charge in [0.15, 0.2) is 5.69 Å². The fourth-order valence-corrected chi connectivity index (χ4v) is 2.97. The molecule has 1 aromatic carbocycles. The zero-order chi connectivity index (χ0) is 19.6. The predicted molar refractivity (Wildman–Crippen MR) is 112 cm³/mol. The molecule has 0 saturated heterocycles. The van der Waals surface area contributed by atoms with Gasteiger partial charge in [0.25, 0.3) is 11.8 Å². The number of halogens is 1. The average Bonchev–Trinajstić information content (AvgIpc) is 3.36. The molecule has 3 rings (SSSR count). The number of rotatable bonds is 6. The van der Waals surface area contributed by atoms with E-state index < -0.39 is 0 Å². The van der Waals surface area contributed by atoms with Gasteiger partial charge < -0.3 is 16.4 Å². The van der Waals surface area contributed by atoms with Gasteiger partial charge in [0, 0.05) is 24.7 Å². The number of nitrogens with zero attached hydrogens (tertiary/aromatic N) is 2. The zero-order valence-corrected chi connectivity index (χ0v) is 17.3. The number of nitrogens with two attached hydrogens (primary N) is 1. The molecule has 0 atom stereocenters. The number of aromatic nitrogens is 2. The van der Waals surface area contributed by atoms with Crippen molar-refractivity contribution in [3.8, 4) is 0 Å². The Hall–Kier alpha value is -2.38. The zero-order valence-electron chi connectivity index (χ0n) is 16.5. The van der Waals surface area contributed by atoms with Crippen LogP contribution >= 0.6 is 12.4 Å². The number of para-hydroxylation sites is 1. The second-order valence-corrected chi connectivity index (χ2v) is 7.86. The van der Waals surface area contributed by atoms with E-state index >= 15 is 0 Å². The normalized spacial score (nSPS) is 13.6. The summed E-state index contributed by atoms with van der Waals surface area (Å²) in [6.45, 7) is 6.95. The van der Waals surface area contributed by atoms with Gasteiger partial charge in [-0.2, -0.15) is 5.10 Å². The summed E-state index contributed by atoms with van der Waals surface area (Å²) in [6.07, 6.45) is 2.26. The van der Waals surface area contributed by atoms with Crippen molar-refractivity contribution in [1.82, 2.24) is 15.1 Å². The van der Waals surface area contributed by atoms with Gasteiger partial charge >= 0.3 is 0 Å². The molecular weight excluding hydrogens is 378 g/mol. The van der Waals surface area contributed by atoms with Crippen LogP contribution in [0, 0.1) is 0 Å². The van der Waals surface area contributed by atoms with Crippen molar-refractivity contribution in [2.45, 2.75) is 45.1 Å². The lowest BCUT2D eigenvalue weighted by molar-refractivity contribution is 0.0955. The lowest BCUT2D eigenvalue weighted by atomic mass is 10.1. The maximum atomic E-state index is 12.8. The van der Waals surface area contributed by atoms with Gasteiger partial charge in [0.1, 0.15) is 0 Å². The van der Waals surface area contributed by atoms with Crippen molar-refractivity contribution in [3.63, 3.8) is 0 Å². The molecular formula is C20H28ClN5O2. The lowest BCUT2D eigenvalue weighted by Gasteiger charge is -2.22. The van der Waals surface area contributed by atoms with Crippen molar-refractivity contribution in [2.75, 3.05) is 18.4 Å². The van der Waals surface area contributed by atoms with Gasteiger partial charge in [-0.05, 0) is 51.8 Å². The van der Waals surface area contributed by atoms with Gasteiger partial charge in [-0.3, -0.25) is 14.3 Å². The third-order valence-electron chi connectivity index (χ3n) is 4.45. The Bertz CT molecular complexity index is 853. The molecule has 0 spiro atoms. The van der Waals surface area contributed by atoms with Crippen molar-refractivity contribution >= 4 is 29.9 Å². The number of carbonyl (C=O) groups excluding carboxylic acids is 2. The molecule has 152 valence electrons. The third-order valence-corrected chi connectivity index (χ3v) is 4.45. The van der Waals surface area contributed by atoms with E-state index in [4.69, 9.17) is 5.73 Å². The van der Waals surface area contributed by atoms with Gasteiger partial charge in [-0.15, -0.1) is 12.4 Å². The smallest absolute Gasteiger partial charge is 0.276 e. The first-order valence-electron chi connectivity index (χ1n) is 9.30. The van der Waals surface area contributed by atoms with E-state index in [0.717, 1.165) is 18.5 Å². The Morgan fingerprint density at radius 1 is 1.21 bits per heavy atom. The summed E-state index contributed by atoms with van der Waals surface area (Å²) in [7, 11) is 0. The summed E-state index contributed by atoms with van der Waals surface area (Å²) in [6, 6.07) is 8.78. The molecule has 0 unspecified atom stereocenters. The summed E-state index contributed by atoms with van der Waals surface area (Å²) in [5.41, 5.74) is 7.56. The van der Waals surface area contributed by atoms with Gasteiger partial charge in [0.2, 0.25) is 0 Å². The SMILES string of the molecule is CC(C)(C)n1nc(C(=O)Nc2ccccc2C(=O)NCCN)cc1C1CC1.Cl. The van der Waals surface area contributed by atoms with Crippen LogP contribution in [0.1, 0.15) is 66.1 Å². The number of hydrogen-bond acceptors (Lipinski definition) is 4. The Labute approximate surface area is 171 Å². The Morgan fingerprint density at radius 3 is 2.50 bits per heavy atom. The van der Waals surface area contributed by atoms with Crippen molar-refractivity contribution < 1.29 is 9.59 Å². The molecule has 0 aliphatic heterocycles. The van der Waals surface area contributed by atoms with Crippen molar-refractivity contribution in [2.24, 2.45) is 5.73 Å². The van der Waals surface area contributed by atoms with Crippen LogP contribution in [0.25, 0.3) is 0 Å². The second-order valence-electron chi connectivity index (χ2n) is 7.86. The monoisotopic (exact) mass is 405 g/mol. The molecule has 4 N–H and O–H groups in total. The van der Waals surface area contributed by atoms with E-state index in [1.165, 1.54) is 0 Å². The summed E-state index contributed by atoms with van der Waals surface area (Å²) in [4.78, 5) is 25.1. The van der Waals surface area contributed by atoms with E-state index in [9.17, 15) is 9.59 Å². The highest BCUT2D eigenvalue weighted by Crippen LogP contribution is 2.41. The van der Waals surface area contributed by atoms with Crippen LogP contribution in [-0.2, 0) is 5.54 Å². The maximum Gasteiger partial charge on any atom is 0.276 e. The molecule has 8 heteroatoms. The number of carbonyl (C=O) groups is 2. The van der Waals surface area contributed by atoms with E-state index in [2.05, 4.69) is 36.5 Å². The fourth-order valence-electron chi connectivity index (χ4n) is 2.97. The molecule has 1 saturated carbocycles. The molecule has 1 aromatic heterocycles. The molecule has 0 bridgehead atoms. The van der Waals surface area contributed by atoms with Crippen LogP contribution in [0.2, 0.25) is 0 Å². The quantitative estimate of drug-likeness (QED) is 0.687. The first kappa shape index (κ1) is 21.9. The van der Waals surface area contributed by atoms with Crippen LogP contribution in [0.5, 0.6) is 0 Å². The largest absolute Gasteiger partial charge is 0.351 e. The van der Waals surface area contributed by atoms with Crippen LogP contribution in [0.3, 0.4) is 0 Å². The maximum absolute atomic E-state index is 12.8.